The first kappa shape index (κ1) is 20.6. The minimum atomic E-state index is -1.24. The lowest BCUT2D eigenvalue weighted by Crippen LogP contribution is -2.44. The molecule has 0 spiro atoms. The maximum atomic E-state index is 14.5. The first-order valence-corrected chi connectivity index (χ1v) is 9.23. The molecule has 0 fully saturated rings. The number of carbonyl (C=O) groups excluding carboxylic acids is 2. The molecule has 1 aromatic carbocycles. The predicted octanol–water partition coefficient (Wildman–Crippen LogP) is 2.16. The summed E-state index contributed by atoms with van der Waals surface area (Å²) in [6.45, 7) is -0.569. The maximum absolute atomic E-state index is 14.5. The maximum Gasteiger partial charge on any atom is 0.274 e. The molecule has 0 saturated carbocycles. The molecular weight excluding hydrogens is 422 g/mol. The molecule has 162 valence electrons. The lowest BCUT2D eigenvalue weighted by atomic mass is 10.1. The summed E-state index contributed by atoms with van der Waals surface area (Å²) in [5, 5.41) is 12.4. The van der Waals surface area contributed by atoms with E-state index in [-0.39, 0.29) is 19.5 Å². The first-order chi connectivity index (χ1) is 14.7. The standard InChI is InChI=1S/C20H15F4N3O4/c21-9-4-13(23)10(14(24)5-9)6-25-19(30)11-7-27-15-8-26(3-1-2-12(15)22)20(31)16(27)18(29)17(11)28/h2,4-5,7,15,29H,1,3,6,8H2,(H,25,30). The van der Waals surface area contributed by atoms with Crippen molar-refractivity contribution in [2.45, 2.75) is 19.0 Å². The molecule has 0 radical (unpaired) electrons. The van der Waals surface area contributed by atoms with Gasteiger partial charge in [-0.05, 0) is 12.5 Å². The highest BCUT2D eigenvalue weighted by molar-refractivity contribution is 5.99. The van der Waals surface area contributed by atoms with E-state index in [4.69, 9.17) is 0 Å². The van der Waals surface area contributed by atoms with Crippen LogP contribution in [0.4, 0.5) is 17.6 Å². The van der Waals surface area contributed by atoms with Gasteiger partial charge >= 0.3 is 0 Å². The third-order valence-corrected chi connectivity index (χ3v) is 5.26. The number of rotatable bonds is 3. The van der Waals surface area contributed by atoms with Gasteiger partial charge < -0.3 is 19.9 Å². The lowest BCUT2D eigenvalue weighted by Gasteiger charge is -2.34. The number of aromatic hydroxyl groups is 1. The van der Waals surface area contributed by atoms with E-state index in [1.807, 2.05) is 0 Å². The minimum absolute atomic E-state index is 0.0520. The molecule has 2 N–H and O–H groups in total. The van der Waals surface area contributed by atoms with Gasteiger partial charge in [0.1, 0.15) is 34.9 Å². The molecule has 2 aliphatic heterocycles. The predicted molar refractivity (Wildman–Crippen MR) is 98.6 cm³/mol. The second kappa shape index (κ2) is 7.56. The van der Waals surface area contributed by atoms with Crippen molar-refractivity contribution in [3.63, 3.8) is 0 Å². The Balaban J connectivity index is 1.71. The number of nitrogens with one attached hydrogen (secondary N) is 1. The highest BCUT2D eigenvalue weighted by Crippen LogP contribution is 2.33. The number of pyridine rings is 1. The summed E-state index contributed by atoms with van der Waals surface area (Å²) >= 11 is 0. The van der Waals surface area contributed by atoms with Crippen molar-refractivity contribution in [2.24, 2.45) is 0 Å². The van der Waals surface area contributed by atoms with Crippen LogP contribution in [0.1, 0.15) is 38.9 Å². The summed E-state index contributed by atoms with van der Waals surface area (Å²) < 4.78 is 56.1. The Morgan fingerprint density at radius 2 is 1.84 bits per heavy atom. The molecule has 2 aliphatic rings. The Morgan fingerprint density at radius 1 is 1.16 bits per heavy atom. The SMILES string of the molecule is O=C(NCc1c(F)cc(F)cc1F)c1cn2c(c(O)c1=O)C(=O)N1CCC=C(F)C2C1. The van der Waals surface area contributed by atoms with Crippen molar-refractivity contribution in [2.75, 3.05) is 13.1 Å². The van der Waals surface area contributed by atoms with E-state index < -0.39 is 75.7 Å². The molecule has 2 amide bonds. The zero-order valence-corrected chi connectivity index (χ0v) is 15.8. The number of aromatic nitrogens is 1. The second-order valence-electron chi connectivity index (χ2n) is 7.15. The van der Waals surface area contributed by atoms with Gasteiger partial charge in [-0.2, -0.15) is 0 Å². The number of benzene rings is 1. The van der Waals surface area contributed by atoms with E-state index in [0.29, 0.717) is 12.1 Å². The fourth-order valence-electron chi connectivity index (χ4n) is 3.68. The van der Waals surface area contributed by atoms with Crippen molar-refractivity contribution in [3.05, 3.63) is 74.7 Å². The zero-order valence-electron chi connectivity index (χ0n) is 15.8. The van der Waals surface area contributed by atoms with Crippen LogP contribution in [0.2, 0.25) is 0 Å². The Labute approximate surface area is 172 Å². The molecule has 4 rings (SSSR count). The quantitative estimate of drug-likeness (QED) is 0.720. The average Bonchev–Trinajstić information content (AvgIpc) is 2.87. The van der Waals surface area contributed by atoms with Gasteiger partial charge in [0.15, 0.2) is 11.4 Å². The summed E-state index contributed by atoms with van der Waals surface area (Å²) in [5.74, 6) is -7.04. The first-order valence-electron chi connectivity index (χ1n) is 9.23. The highest BCUT2D eigenvalue weighted by Gasteiger charge is 2.38. The smallest absolute Gasteiger partial charge is 0.274 e. The van der Waals surface area contributed by atoms with Gasteiger partial charge in [-0.3, -0.25) is 14.4 Å². The molecule has 7 nitrogen and oxygen atoms in total. The fourth-order valence-corrected chi connectivity index (χ4v) is 3.68. The minimum Gasteiger partial charge on any atom is -0.503 e. The van der Waals surface area contributed by atoms with Gasteiger partial charge in [-0.25, -0.2) is 17.6 Å². The summed E-state index contributed by atoms with van der Waals surface area (Å²) in [6, 6.07) is -0.175. The zero-order chi connectivity index (χ0) is 22.4. The Morgan fingerprint density at radius 3 is 2.52 bits per heavy atom. The second-order valence-corrected chi connectivity index (χ2v) is 7.15. The molecule has 0 saturated heterocycles. The van der Waals surface area contributed by atoms with E-state index in [9.17, 15) is 37.1 Å². The van der Waals surface area contributed by atoms with Crippen LogP contribution in [-0.4, -0.2) is 39.5 Å². The summed E-state index contributed by atoms with van der Waals surface area (Å²) in [7, 11) is 0. The monoisotopic (exact) mass is 437 g/mol. The molecule has 1 aromatic heterocycles. The highest BCUT2D eigenvalue weighted by atomic mass is 19.1. The van der Waals surface area contributed by atoms with Crippen LogP contribution >= 0.6 is 0 Å². The van der Waals surface area contributed by atoms with E-state index in [1.54, 1.807) is 0 Å². The number of hydrogen-bond donors (Lipinski definition) is 2. The topological polar surface area (TPSA) is 91.6 Å². The summed E-state index contributed by atoms with van der Waals surface area (Å²) in [5.41, 5.74) is -2.93. The molecule has 1 atom stereocenters. The van der Waals surface area contributed by atoms with Crippen LogP contribution in [0.5, 0.6) is 5.75 Å². The fraction of sp³-hybridized carbons (Fsp3) is 0.250. The van der Waals surface area contributed by atoms with Gasteiger partial charge in [0.2, 0.25) is 5.43 Å². The van der Waals surface area contributed by atoms with Gasteiger partial charge in [-0.15, -0.1) is 0 Å². The molecule has 0 aliphatic carbocycles. The molecule has 2 aromatic rings. The normalized spacial score (nSPS) is 17.7. The van der Waals surface area contributed by atoms with Crippen LogP contribution in [-0.2, 0) is 6.54 Å². The number of fused-ring (bicyclic) bond motifs is 4. The summed E-state index contributed by atoms with van der Waals surface area (Å²) in [4.78, 5) is 38.9. The number of carbonyl (C=O) groups is 2. The lowest BCUT2D eigenvalue weighted by molar-refractivity contribution is 0.0677. The van der Waals surface area contributed by atoms with Crippen molar-refractivity contribution in [3.8, 4) is 5.75 Å². The number of halogens is 4. The average molecular weight is 437 g/mol. The van der Waals surface area contributed by atoms with Crippen LogP contribution in [0, 0.1) is 17.5 Å². The number of nitrogens with zero attached hydrogens (tertiary/aromatic N) is 2. The Hall–Kier alpha value is -3.63. The largest absolute Gasteiger partial charge is 0.503 e. The van der Waals surface area contributed by atoms with Crippen LogP contribution in [0.25, 0.3) is 0 Å². The van der Waals surface area contributed by atoms with Crippen LogP contribution in [0.15, 0.2) is 35.0 Å². The van der Waals surface area contributed by atoms with Gasteiger partial charge in [0.05, 0.1) is 0 Å². The molecular formula is C20H15F4N3O4. The third kappa shape index (κ3) is 3.45. The molecule has 31 heavy (non-hydrogen) atoms. The number of amides is 2. The molecule has 1 unspecified atom stereocenters. The molecule has 11 heteroatoms. The Kier molecular flexibility index (Phi) is 5.03. The van der Waals surface area contributed by atoms with Crippen molar-refractivity contribution < 1.29 is 32.3 Å². The summed E-state index contributed by atoms with van der Waals surface area (Å²) in [6.07, 6.45) is 2.46. The third-order valence-electron chi connectivity index (χ3n) is 5.26. The van der Waals surface area contributed by atoms with Crippen molar-refractivity contribution in [1.82, 2.24) is 14.8 Å². The number of hydrogen-bond acceptors (Lipinski definition) is 4. The van der Waals surface area contributed by atoms with Gasteiger partial charge in [0.25, 0.3) is 11.8 Å². The van der Waals surface area contributed by atoms with Crippen molar-refractivity contribution in [1.29, 1.82) is 0 Å². The van der Waals surface area contributed by atoms with Crippen molar-refractivity contribution >= 4 is 11.8 Å². The van der Waals surface area contributed by atoms with Crippen LogP contribution in [0.3, 0.4) is 0 Å². The molecule has 2 bridgehead atoms. The van der Waals surface area contributed by atoms with E-state index >= 15 is 0 Å². The van der Waals surface area contributed by atoms with E-state index in [1.165, 1.54) is 11.0 Å². The van der Waals surface area contributed by atoms with E-state index in [2.05, 4.69) is 5.32 Å². The van der Waals surface area contributed by atoms with Gasteiger partial charge in [0, 0.05) is 43.5 Å². The van der Waals surface area contributed by atoms with Crippen LogP contribution < -0.4 is 10.7 Å². The molecule has 3 heterocycles. The Bertz CT molecular complexity index is 1180. The van der Waals surface area contributed by atoms with E-state index in [0.717, 1.165) is 10.8 Å². The van der Waals surface area contributed by atoms with Gasteiger partial charge in [-0.1, -0.05) is 0 Å².